The summed E-state index contributed by atoms with van der Waals surface area (Å²) in [5.74, 6) is -2.18. The molecule has 2 aromatic carbocycles. The molecular weight excluding hydrogens is 351 g/mol. The number of anilines is 1. The van der Waals surface area contributed by atoms with Gasteiger partial charge in [-0.3, -0.25) is 9.59 Å². The second-order valence-corrected chi connectivity index (χ2v) is 5.68. The largest absolute Gasteiger partial charge is 0.452 e. The maximum absolute atomic E-state index is 12.8. The van der Waals surface area contributed by atoms with Crippen LogP contribution in [0.5, 0.6) is 0 Å². The fourth-order valence-electron chi connectivity index (χ4n) is 1.99. The summed E-state index contributed by atoms with van der Waals surface area (Å²) >= 11 is 0. The number of hydrogen-bond donors (Lipinski definition) is 2. The van der Waals surface area contributed by atoms with Gasteiger partial charge in [-0.05, 0) is 42.8 Å². The molecule has 0 aliphatic rings. The van der Waals surface area contributed by atoms with Gasteiger partial charge in [0.2, 0.25) is 5.91 Å². The fraction of sp³-hybridized carbons (Fsp3) is 0.150. The van der Waals surface area contributed by atoms with E-state index < -0.39 is 30.2 Å². The topological polar surface area (TPSA) is 84.5 Å². The second kappa shape index (κ2) is 9.86. The Morgan fingerprint density at radius 1 is 1.00 bits per heavy atom. The Labute approximate surface area is 156 Å². The molecule has 0 saturated carbocycles. The molecule has 0 unspecified atom stereocenters. The van der Waals surface area contributed by atoms with Gasteiger partial charge in [0.25, 0.3) is 5.91 Å². The minimum absolute atomic E-state index is 0.299. The van der Waals surface area contributed by atoms with E-state index in [1.54, 1.807) is 6.08 Å². The lowest BCUT2D eigenvalue weighted by atomic mass is 10.1. The third-order valence-electron chi connectivity index (χ3n) is 3.41. The third-order valence-corrected chi connectivity index (χ3v) is 3.41. The molecule has 0 radical (unpaired) electrons. The van der Waals surface area contributed by atoms with Crippen molar-refractivity contribution in [2.45, 2.75) is 6.92 Å². The van der Waals surface area contributed by atoms with Gasteiger partial charge in [-0.15, -0.1) is 0 Å². The van der Waals surface area contributed by atoms with Crippen LogP contribution in [0.1, 0.15) is 11.1 Å². The standard InChI is InChI=1S/C20H19FN2O4/c1-14-2-4-15(5-3-14)6-11-20(26)27-13-19(25)22-12-18(24)23-17-9-7-16(21)8-10-17/h2-11H,12-13H2,1H3,(H,22,25)(H,23,24)/b11-6+. The molecule has 0 bridgehead atoms. The van der Waals surface area contributed by atoms with Gasteiger partial charge in [-0.25, -0.2) is 9.18 Å². The number of hydrogen-bond acceptors (Lipinski definition) is 4. The zero-order valence-electron chi connectivity index (χ0n) is 14.7. The summed E-state index contributed by atoms with van der Waals surface area (Å²) in [7, 11) is 0. The zero-order chi connectivity index (χ0) is 19.6. The first-order valence-electron chi connectivity index (χ1n) is 8.16. The van der Waals surface area contributed by atoms with Crippen LogP contribution < -0.4 is 10.6 Å². The number of carbonyl (C=O) groups is 3. The maximum Gasteiger partial charge on any atom is 0.331 e. The Morgan fingerprint density at radius 2 is 1.67 bits per heavy atom. The molecule has 140 valence electrons. The summed E-state index contributed by atoms with van der Waals surface area (Å²) < 4.78 is 17.6. The number of rotatable bonds is 7. The minimum atomic E-state index is -0.665. The van der Waals surface area contributed by atoms with Crippen molar-refractivity contribution in [3.05, 3.63) is 71.6 Å². The summed E-state index contributed by atoms with van der Waals surface area (Å²) in [4.78, 5) is 34.9. The Bertz CT molecular complexity index is 830. The molecule has 0 aromatic heterocycles. The van der Waals surface area contributed by atoms with Gasteiger partial charge in [0, 0.05) is 11.8 Å². The molecule has 7 heteroatoms. The van der Waals surface area contributed by atoms with Crippen LogP contribution in [0.25, 0.3) is 6.08 Å². The fourth-order valence-corrected chi connectivity index (χ4v) is 1.99. The highest BCUT2D eigenvalue weighted by atomic mass is 19.1. The molecule has 0 atom stereocenters. The van der Waals surface area contributed by atoms with Gasteiger partial charge in [0.15, 0.2) is 6.61 Å². The number of esters is 1. The lowest BCUT2D eigenvalue weighted by Crippen LogP contribution is -2.35. The summed E-state index contributed by atoms with van der Waals surface area (Å²) in [6.07, 6.45) is 2.80. The molecule has 2 aromatic rings. The highest BCUT2D eigenvalue weighted by Gasteiger charge is 2.08. The summed E-state index contributed by atoms with van der Waals surface area (Å²) in [6, 6.07) is 12.7. The highest BCUT2D eigenvalue weighted by molar-refractivity contribution is 5.95. The van der Waals surface area contributed by atoms with Gasteiger partial charge in [-0.1, -0.05) is 29.8 Å². The molecule has 0 fully saturated rings. The molecule has 0 saturated heterocycles. The molecule has 0 spiro atoms. The van der Waals surface area contributed by atoms with Crippen LogP contribution in [0, 0.1) is 12.7 Å². The maximum atomic E-state index is 12.8. The van der Waals surface area contributed by atoms with E-state index in [1.807, 2.05) is 31.2 Å². The smallest absolute Gasteiger partial charge is 0.331 e. The van der Waals surface area contributed by atoms with E-state index in [1.165, 1.54) is 30.3 Å². The van der Waals surface area contributed by atoms with Gasteiger partial charge >= 0.3 is 5.97 Å². The molecule has 0 aliphatic carbocycles. The Kier molecular flexibility index (Phi) is 7.25. The van der Waals surface area contributed by atoms with Crippen molar-refractivity contribution in [3.63, 3.8) is 0 Å². The van der Waals surface area contributed by atoms with Crippen LogP contribution in [0.3, 0.4) is 0 Å². The van der Waals surface area contributed by atoms with Crippen molar-refractivity contribution < 1.29 is 23.5 Å². The number of ether oxygens (including phenoxy) is 1. The lowest BCUT2D eigenvalue weighted by Gasteiger charge is -2.07. The van der Waals surface area contributed by atoms with Crippen LogP contribution >= 0.6 is 0 Å². The highest BCUT2D eigenvalue weighted by Crippen LogP contribution is 2.07. The summed E-state index contributed by atoms with van der Waals surface area (Å²) in [5, 5.41) is 4.82. The first-order chi connectivity index (χ1) is 12.9. The molecule has 2 amide bonds. The van der Waals surface area contributed by atoms with Gasteiger partial charge in [0.1, 0.15) is 5.82 Å². The van der Waals surface area contributed by atoms with E-state index in [9.17, 15) is 18.8 Å². The predicted molar refractivity (Wildman–Crippen MR) is 99.2 cm³/mol. The molecular formula is C20H19FN2O4. The van der Waals surface area contributed by atoms with E-state index >= 15 is 0 Å². The normalized spacial score (nSPS) is 10.4. The minimum Gasteiger partial charge on any atom is -0.452 e. The van der Waals surface area contributed by atoms with Crippen molar-refractivity contribution in [2.24, 2.45) is 0 Å². The van der Waals surface area contributed by atoms with E-state index in [4.69, 9.17) is 4.74 Å². The average molecular weight is 370 g/mol. The van der Waals surface area contributed by atoms with Crippen LogP contribution in [-0.4, -0.2) is 30.9 Å². The van der Waals surface area contributed by atoms with Crippen LogP contribution in [0.4, 0.5) is 10.1 Å². The summed E-state index contributed by atoms with van der Waals surface area (Å²) in [6.45, 7) is 1.16. The third kappa shape index (κ3) is 7.52. The van der Waals surface area contributed by atoms with E-state index in [0.29, 0.717) is 5.69 Å². The van der Waals surface area contributed by atoms with Crippen molar-refractivity contribution >= 4 is 29.5 Å². The molecule has 2 N–H and O–H groups in total. The molecule has 0 heterocycles. The molecule has 2 rings (SSSR count). The predicted octanol–water partition coefficient (Wildman–Crippen LogP) is 2.45. The summed E-state index contributed by atoms with van der Waals surface area (Å²) in [5.41, 5.74) is 2.35. The average Bonchev–Trinajstić information content (AvgIpc) is 2.66. The van der Waals surface area contributed by atoms with E-state index in [0.717, 1.165) is 11.1 Å². The molecule has 0 aliphatic heterocycles. The van der Waals surface area contributed by atoms with Crippen molar-refractivity contribution in [3.8, 4) is 0 Å². The number of halogens is 1. The quantitative estimate of drug-likeness (QED) is 0.579. The Hall–Kier alpha value is -3.48. The van der Waals surface area contributed by atoms with Gasteiger partial charge < -0.3 is 15.4 Å². The van der Waals surface area contributed by atoms with Crippen LogP contribution in [-0.2, 0) is 19.1 Å². The number of nitrogens with one attached hydrogen (secondary N) is 2. The van der Waals surface area contributed by atoms with Crippen LogP contribution in [0.2, 0.25) is 0 Å². The lowest BCUT2D eigenvalue weighted by molar-refractivity contribution is -0.143. The Morgan fingerprint density at radius 3 is 2.33 bits per heavy atom. The number of benzene rings is 2. The number of amides is 2. The van der Waals surface area contributed by atoms with Crippen molar-refractivity contribution in [2.75, 3.05) is 18.5 Å². The SMILES string of the molecule is Cc1ccc(/C=C/C(=O)OCC(=O)NCC(=O)Nc2ccc(F)cc2)cc1. The second-order valence-electron chi connectivity index (χ2n) is 5.68. The zero-order valence-corrected chi connectivity index (χ0v) is 14.7. The van der Waals surface area contributed by atoms with Crippen molar-refractivity contribution in [1.82, 2.24) is 5.32 Å². The van der Waals surface area contributed by atoms with Gasteiger partial charge in [-0.2, -0.15) is 0 Å². The number of carbonyl (C=O) groups excluding carboxylic acids is 3. The molecule has 6 nitrogen and oxygen atoms in total. The van der Waals surface area contributed by atoms with E-state index in [-0.39, 0.29) is 6.54 Å². The van der Waals surface area contributed by atoms with Crippen LogP contribution in [0.15, 0.2) is 54.6 Å². The first-order valence-corrected chi connectivity index (χ1v) is 8.16. The molecule has 27 heavy (non-hydrogen) atoms. The number of aryl methyl sites for hydroxylation is 1. The first kappa shape index (κ1) is 19.8. The monoisotopic (exact) mass is 370 g/mol. The Balaban J connectivity index is 1.67. The van der Waals surface area contributed by atoms with Crippen molar-refractivity contribution in [1.29, 1.82) is 0 Å². The van der Waals surface area contributed by atoms with Gasteiger partial charge in [0.05, 0.1) is 6.54 Å². The van der Waals surface area contributed by atoms with E-state index in [2.05, 4.69) is 10.6 Å².